The van der Waals surface area contributed by atoms with E-state index in [1.165, 1.54) is 61.1 Å². The van der Waals surface area contributed by atoms with Gasteiger partial charge in [-0.1, -0.05) is 43.1 Å². The van der Waals surface area contributed by atoms with Crippen LogP contribution in [0.5, 0.6) is 11.9 Å². The maximum absolute atomic E-state index is 15.7. The number of carbonyl (C=O) groups excluding carboxylic acids is 1. The fraction of sp³-hybridized carbons (Fsp3) is 0.321. The van der Waals surface area contributed by atoms with Crippen molar-refractivity contribution in [2.75, 3.05) is 26.1 Å². The van der Waals surface area contributed by atoms with Crippen molar-refractivity contribution in [2.45, 2.75) is 32.7 Å². The van der Waals surface area contributed by atoms with Gasteiger partial charge in [-0.25, -0.2) is 18.9 Å². The Morgan fingerprint density at radius 2 is 1.88 bits per heavy atom. The van der Waals surface area contributed by atoms with E-state index >= 15 is 4.39 Å². The number of nitrogens with one attached hydrogen (secondary N) is 1. The van der Waals surface area contributed by atoms with E-state index in [0.29, 0.717) is 5.69 Å². The molecule has 0 bridgehead atoms. The number of benzene rings is 1. The van der Waals surface area contributed by atoms with E-state index in [9.17, 15) is 9.59 Å². The minimum Gasteiger partial charge on any atom is -0.479 e. The number of aromatic nitrogens is 5. The Hall–Kier alpha value is -4.16. The minimum atomic E-state index is -1.14. The zero-order chi connectivity index (χ0) is 30.7. The van der Waals surface area contributed by atoms with Gasteiger partial charge in [0, 0.05) is 29.4 Å². The van der Waals surface area contributed by atoms with Crippen molar-refractivity contribution < 1.29 is 23.4 Å². The Labute approximate surface area is 251 Å². The van der Waals surface area contributed by atoms with E-state index in [1.807, 2.05) is 13.8 Å². The molecule has 0 fully saturated rings. The van der Waals surface area contributed by atoms with Gasteiger partial charge >= 0.3 is 12.0 Å². The van der Waals surface area contributed by atoms with Gasteiger partial charge < -0.3 is 24.1 Å². The van der Waals surface area contributed by atoms with Crippen LogP contribution < -0.4 is 20.3 Å². The Balaban J connectivity index is 2.10. The molecule has 0 spiro atoms. The van der Waals surface area contributed by atoms with E-state index in [-0.39, 0.29) is 62.7 Å². The van der Waals surface area contributed by atoms with Gasteiger partial charge in [0.05, 0.1) is 43.8 Å². The van der Waals surface area contributed by atoms with Crippen molar-refractivity contribution in [3.63, 3.8) is 0 Å². The summed E-state index contributed by atoms with van der Waals surface area (Å²) >= 11 is 12.4. The van der Waals surface area contributed by atoms with Crippen molar-refractivity contribution in [1.82, 2.24) is 24.3 Å². The average molecular weight is 619 g/mol. The highest BCUT2D eigenvalue weighted by molar-refractivity contribution is 6.31. The van der Waals surface area contributed by atoms with Gasteiger partial charge in [0.25, 0.3) is 5.56 Å². The maximum Gasteiger partial charge on any atom is 0.359 e. The first-order valence-electron chi connectivity index (χ1n) is 12.8. The highest BCUT2D eigenvalue weighted by Gasteiger charge is 2.35. The van der Waals surface area contributed by atoms with Crippen molar-refractivity contribution >= 4 is 34.9 Å². The molecule has 42 heavy (non-hydrogen) atoms. The normalized spacial score (nSPS) is 11.9. The molecule has 0 radical (unpaired) electrons. The molecule has 0 saturated heterocycles. The summed E-state index contributed by atoms with van der Waals surface area (Å²) < 4.78 is 34.4. The van der Waals surface area contributed by atoms with Gasteiger partial charge in [-0.15, -0.1) is 0 Å². The summed E-state index contributed by atoms with van der Waals surface area (Å²) in [6, 6.07) is 4.47. The number of hydrogen-bond acceptors (Lipinski definition) is 9. The molecular formula is C28H29Cl2FN6O5. The third kappa shape index (κ3) is 6.04. The van der Waals surface area contributed by atoms with Gasteiger partial charge in [0.15, 0.2) is 5.69 Å². The number of hydrogen-bond donors (Lipinski definition) is 1. The van der Waals surface area contributed by atoms with Gasteiger partial charge in [-0.05, 0) is 31.0 Å². The minimum absolute atomic E-state index is 0.0549. The third-order valence-corrected chi connectivity index (χ3v) is 6.75. The van der Waals surface area contributed by atoms with Crippen LogP contribution >= 0.6 is 23.2 Å². The smallest absolute Gasteiger partial charge is 0.359 e. The predicted molar refractivity (Wildman–Crippen MR) is 156 cm³/mol. The summed E-state index contributed by atoms with van der Waals surface area (Å²) in [6.07, 6.45) is 2.88. The molecule has 4 rings (SSSR count). The van der Waals surface area contributed by atoms with E-state index < -0.39 is 23.4 Å². The number of ether oxygens (including phenoxy) is 3. The second-order valence-electron chi connectivity index (χ2n) is 9.42. The van der Waals surface area contributed by atoms with Crippen LogP contribution in [-0.2, 0) is 11.8 Å². The molecule has 222 valence electrons. The number of nitrogens with zero attached hydrogens (tertiary/aromatic N) is 5. The van der Waals surface area contributed by atoms with Crippen LogP contribution in [0.3, 0.4) is 0 Å². The second kappa shape index (κ2) is 12.8. The van der Waals surface area contributed by atoms with Crippen LogP contribution in [0.2, 0.25) is 10.0 Å². The molecule has 0 aliphatic rings. The molecular weight excluding hydrogens is 590 g/mol. The van der Waals surface area contributed by atoms with Crippen molar-refractivity contribution in [1.29, 1.82) is 0 Å². The first-order valence-corrected chi connectivity index (χ1v) is 13.6. The average Bonchev–Trinajstić information content (AvgIpc) is 3.35. The van der Waals surface area contributed by atoms with Crippen LogP contribution in [0.1, 0.15) is 60.0 Å². The summed E-state index contributed by atoms with van der Waals surface area (Å²) in [4.78, 5) is 35.0. The number of carbonyl (C=O) groups is 1. The van der Waals surface area contributed by atoms with Crippen LogP contribution in [0, 0.1) is 5.82 Å². The molecule has 1 aromatic carbocycles. The number of esters is 1. The third-order valence-electron chi connectivity index (χ3n) is 6.30. The van der Waals surface area contributed by atoms with Crippen LogP contribution in [-0.4, -0.2) is 51.1 Å². The summed E-state index contributed by atoms with van der Waals surface area (Å²) in [5, 5.41) is 8.17. The highest BCUT2D eigenvalue weighted by atomic mass is 35.5. The second-order valence-corrected chi connectivity index (χ2v) is 10.3. The van der Waals surface area contributed by atoms with Gasteiger partial charge in [0.1, 0.15) is 17.2 Å². The molecule has 11 nitrogen and oxygen atoms in total. The molecule has 0 amide bonds. The topological polar surface area (TPSA) is 122 Å². The number of aryl methyl sites for hydroxylation is 1. The highest BCUT2D eigenvalue weighted by Crippen LogP contribution is 2.39. The molecule has 14 heteroatoms. The van der Waals surface area contributed by atoms with E-state index in [0.717, 1.165) is 6.07 Å². The first-order chi connectivity index (χ1) is 20.0. The van der Waals surface area contributed by atoms with Gasteiger partial charge in [0.2, 0.25) is 5.88 Å². The van der Waals surface area contributed by atoms with Crippen molar-refractivity contribution in [2.24, 2.45) is 7.05 Å². The Kier molecular flexibility index (Phi) is 9.37. The Morgan fingerprint density at radius 3 is 2.50 bits per heavy atom. The molecule has 0 aliphatic heterocycles. The largest absolute Gasteiger partial charge is 0.479 e. The molecule has 4 aromatic rings. The van der Waals surface area contributed by atoms with Crippen molar-refractivity contribution in [3.8, 4) is 17.6 Å². The fourth-order valence-electron chi connectivity index (χ4n) is 4.53. The van der Waals surface area contributed by atoms with E-state index in [2.05, 4.69) is 20.4 Å². The zero-order valence-corrected chi connectivity index (χ0v) is 25.2. The molecule has 0 aliphatic carbocycles. The lowest BCUT2D eigenvalue weighted by Gasteiger charge is -2.24. The molecule has 3 aromatic heterocycles. The quantitative estimate of drug-likeness (QED) is 0.235. The molecule has 1 unspecified atom stereocenters. The van der Waals surface area contributed by atoms with Crippen LogP contribution in [0.4, 0.5) is 10.1 Å². The molecule has 0 saturated carbocycles. The first kappa shape index (κ1) is 30.8. The lowest BCUT2D eigenvalue weighted by molar-refractivity contribution is 0.0517. The SMILES string of the molecule is CCOC(=O)c1nn(-c2cnc(OC)nc2OC)c(C(C)C)c1C(Nc1cc(Cl)cn(C)c1=O)c1ccc(Cl)cc1F. The number of rotatable bonds is 10. The number of methoxy groups -OCH3 is 2. The van der Waals surface area contributed by atoms with E-state index in [1.54, 1.807) is 6.92 Å². The fourth-order valence-corrected chi connectivity index (χ4v) is 4.94. The lowest BCUT2D eigenvalue weighted by Crippen LogP contribution is -2.26. The molecule has 1 N–H and O–H groups in total. The monoisotopic (exact) mass is 618 g/mol. The predicted octanol–water partition coefficient (Wildman–Crippen LogP) is 5.33. The van der Waals surface area contributed by atoms with Crippen LogP contribution in [0.15, 0.2) is 41.5 Å². The summed E-state index contributed by atoms with van der Waals surface area (Å²) in [5.74, 6) is -1.65. The number of halogens is 3. The number of anilines is 1. The Morgan fingerprint density at radius 1 is 1.14 bits per heavy atom. The standard InChI is InChI=1S/C28H29Cl2FN6O5/c1-7-42-27(39)23-21(24(14(2)3)37(35-23)20-12-32-28(41-6)34-25(20)40-5)22(17-9-8-15(29)10-18(17)31)33-19-11-16(30)13-36(4)26(19)38/h8-14,22,33H,7H2,1-6H3. The van der Waals surface area contributed by atoms with Crippen molar-refractivity contribution in [3.05, 3.63) is 85.4 Å². The summed E-state index contributed by atoms with van der Waals surface area (Å²) in [5.41, 5.74) is 0.607. The summed E-state index contributed by atoms with van der Waals surface area (Å²) in [7, 11) is 4.37. The molecule has 3 heterocycles. The van der Waals surface area contributed by atoms with Gasteiger partial charge in [-0.3, -0.25) is 4.79 Å². The number of pyridine rings is 1. The summed E-state index contributed by atoms with van der Waals surface area (Å²) in [6.45, 7) is 5.45. The molecule has 1 atom stereocenters. The Bertz CT molecular complexity index is 1690. The van der Waals surface area contributed by atoms with Crippen LogP contribution in [0.25, 0.3) is 5.69 Å². The lowest BCUT2D eigenvalue weighted by atomic mass is 9.91. The van der Waals surface area contributed by atoms with Gasteiger partial charge in [-0.2, -0.15) is 10.1 Å². The van der Waals surface area contributed by atoms with E-state index in [4.69, 9.17) is 37.4 Å². The maximum atomic E-state index is 15.7. The zero-order valence-electron chi connectivity index (χ0n) is 23.7.